The van der Waals surface area contributed by atoms with Crippen LogP contribution in [0, 0.1) is 20.8 Å². The number of hydrogen-bond acceptors (Lipinski definition) is 1. The van der Waals surface area contributed by atoms with E-state index in [0.29, 0.717) is 0 Å². The van der Waals surface area contributed by atoms with Crippen molar-refractivity contribution < 1.29 is 0 Å². The van der Waals surface area contributed by atoms with Crippen molar-refractivity contribution in [3.8, 4) is 0 Å². The molecule has 0 atom stereocenters. The van der Waals surface area contributed by atoms with Crippen molar-refractivity contribution in [1.29, 1.82) is 0 Å². The van der Waals surface area contributed by atoms with Gasteiger partial charge in [-0.1, -0.05) is 53.1 Å². The van der Waals surface area contributed by atoms with E-state index in [0.717, 1.165) is 22.8 Å². The highest BCUT2D eigenvalue weighted by molar-refractivity contribution is 6.33. The molecule has 0 radical (unpaired) electrons. The monoisotopic (exact) mass is 259 g/mol. The molecular formula is C16H18ClN. The van der Waals surface area contributed by atoms with Crippen LogP contribution in [0.25, 0.3) is 0 Å². The molecule has 0 bridgehead atoms. The van der Waals surface area contributed by atoms with E-state index >= 15 is 0 Å². The minimum absolute atomic E-state index is 0.797. The fraction of sp³-hybridized carbons (Fsp3) is 0.250. The number of benzene rings is 2. The zero-order valence-corrected chi connectivity index (χ0v) is 11.8. The lowest BCUT2D eigenvalue weighted by molar-refractivity contribution is 1.13. The van der Waals surface area contributed by atoms with Gasteiger partial charge in [-0.15, -0.1) is 0 Å². The second-order valence-corrected chi connectivity index (χ2v) is 5.16. The molecule has 2 aromatic carbocycles. The molecule has 0 fully saturated rings. The summed E-state index contributed by atoms with van der Waals surface area (Å²) in [6.07, 6.45) is 0. The lowest BCUT2D eigenvalue weighted by atomic mass is 10.1. The van der Waals surface area contributed by atoms with Crippen molar-refractivity contribution in [2.45, 2.75) is 27.3 Å². The Labute approximate surface area is 114 Å². The molecule has 2 heteroatoms. The van der Waals surface area contributed by atoms with Crippen LogP contribution in [-0.2, 0) is 6.54 Å². The summed E-state index contributed by atoms with van der Waals surface area (Å²) in [7, 11) is 0. The SMILES string of the molecule is Cc1cc(C)cc(CNc2cccc(C)c2Cl)c1. The quantitative estimate of drug-likeness (QED) is 0.829. The van der Waals surface area contributed by atoms with Crippen LogP contribution < -0.4 is 5.32 Å². The van der Waals surface area contributed by atoms with E-state index < -0.39 is 0 Å². The fourth-order valence-corrected chi connectivity index (χ4v) is 2.35. The molecule has 2 aromatic rings. The fourth-order valence-electron chi connectivity index (χ4n) is 2.15. The third kappa shape index (κ3) is 3.05. The van der Waals surface area contributed by atoms with Crippen LogP contribution in [0.1, 0.15) is 22.3 Å². The number of halogens is 1. The Morgan fingerprint density at radius 3 is 2.33 bits per heavy atom. The maximum atomic E-state index is 6.26. The van der Waals surface area contributed by atoms with E-state index in [4.69, 9.17) is 11.6 Å². The molecule has 0 aliphatic rings. The van der Waals surface area contributed by atoms with E-state index in [2.05, 4.69) is 37.4 Å². The van der Waals surface area contributed by atoms with Gasteiger partial charge in [-0.05, 0) is 38.0 Å². The van der Waals surface area contributed by atoms with Gasteiger partial charge in [0.1, 0.15) is 0 Å². The molecule has 1 nitrogen and oxygen atoms in total. The first-order chi connectivity index (χ1) is 8.56. The summed E-state index contributed by atoms with van der Waals surface area (Å²) in [4.78, 5) is 0. The molecule has 2 rings (SSSR count). The summed E-state index contributed by atoms with van der Waals surface area (Å²) < 4.78 is 0. The van der Waals surface area contributed by atoms with Gasteiger partial charge >= 0.3 is 0 Å². The molecule has 0 aliphatic carbocycles. The van der Waals surface area contributed by atoms with Crippen LogP contribution in [0.5, 0.6) is 0 Å². The summed E-state index contributed by atoms with van der Waals surface area (Å²) in [5, 5.41) is 4.20. The minimum Gasteiger partial charge on any atom is -0.380 e. The molecule has 0 aliphatic heterocycles. The van der Waals surface area contributed by atoms with Crippen molar-refractivity contribution >= 4 is 17.3 Å². The first-order valence-electron chi connectivity index (χ1n) is 6.12. The normalized spacial score (nSPS) is 10.4. The van der Waals surface area contributed by atoms with Crippen molar-refractivity contribution in [2.75, 3.05) is 5.32 Å². The number of rotatable bonds is 3. The lowest BCUT2D eigenvalue weighted by Crippen LogP contribution is -2.01. The van der Waals surface area contributed by atoms with Crippen LogP contribution in [0.3, 0.4) is 0 Å². The van der Waals surface area contributed by atoms with Crippen LogP contribution in [-0.4, -0.2) is 0 Å². The third-order valence-corrected chi connectivity index (χ3v) is 3.46. The van der Waals surface area contributed by atoms with Gasteiger partial charge < -0.3 is 5.32 Å². The standard InChI is InChI=1S/C16H18ClN/c1-11-7-12(2)9-14(8-11)10-18-15-6-4-5-13(3)16(15)17/h4-9,18H,10H2,1-3H3. The predicted octanol–water partition coefficient (Wildman–Crippen LogP) is 4.88. The van der Waals surface area contributed by atoms with Gasteiger partial charge in [0.15, 0.2) is 0 Å². The van der Waals surface area contributed by atoms with E-state index in [1.54, 1.807) is 0 Å². The summed E-state index contributed by atoms with van der Waals surface area (Å²) in [5.74, 6) is 0. The zero-order valence-electron chi connectivity index (χ0n) is 11.0. The van der Waals surface area contributed by atoms with Crippen molar-refractivity contribution in [3.63, 3.8) is 0 Å². The van der Waals surface area contributed by atoms with E-state index in [1.807, 2.05) is 25.1 Å². The molecule has 0 amide bonds. The van der Waals surface area contributed by atoms with Crippen LogP contribution in [0.15, 0.2) is 36.4 Å². The Bertz CT molecular complexity index is 541. The number of aryl methyl sites for hydroxylation is 3. The Morgan fingerprint density at radius 2 is 1.67 bits per heavy atom. The largest absolute Gasteiger partial charge is 0.380 e. The van der Waals surface area contributed by atoms with Gasteiger partial charge in [-0.2, -0.15) is 0 Å². The molecule has 94 valence electrons. The Balaban J connectivity index is 2.14. The average Bonchev–Trinajstić information content (AvgIpc) is 2.30. The van der Waals surface area contributed by atoms with Gasteiger partial charge in [0.2, 0.25) is 0 Å². The first kappa shape index (κ1) is 13.0. The predicted molar refractivity (Wildman–Crippen MR) is 79.4 cm³/mol. The highest BCUT2D eigenvalue weighted by Gasteiger charge is 2.02. The van der Waals surface area contributed by atoms with Crippen LogP contribution in [0.2, 0.25) is 5.02 Å². The van der Waals surface area contributed by atoms with Gasteiger partial charge in [0.25, 0.3) is 0 Å². The van der Waals surface area contributed by atoms with Gasteiger partial charge in [-0.25, -0.2) is 0 Å². The molecule has 0 saturated heterocycles. The molecule has 1 N–H and O–H groups in total. The van der Waals surface area contributed by atoms with Gasteiger partial charge in [0.05, 0.1) is 10.7 Å². The number of nitrogens with one attached hydrogen (secondary N) is 1. The maximum Gasteiger partial charge on any atom is 0.0666 e. The summed E-state index contributed by atoms with van der Waals surface area (Å²) in [6, 6.07) is 12.6. The molecule has 0 aromatic heterocycles. The second kappa shape index (κ2) is 5.45. The Morgan fingerprint density at radius 1 is 1.00 bits per heavy atom. The molecular weight excluding hydrogens is 242 g/mol. The second-order valence-electron chi connectivity index (χ2n) is 4.79. The van der Waals surface area contributed by atoms with E-state index in [9.17, 15) is 0 Å². The van der Waals surface area contributed by atoms with Gasteiger partial charge in [0, 0.05) is 6.54 Å². The first-order valence-corrected chi connectivity index (χ1v) is 6.50. The number of hydrogen-bond donors (Lipinski definition) is 1. The van der Waals surface area contributed by atoms with Crippen molar-refractivity contribution in [2.24, 2.45) is 0 Å². The Kier molecular flexibility index (Phi) is 3.93. The summed E-state index contributed by atoms with van der Waals surface area (Å²) >= 11 is 6.26. The number of anilines is 1. The lowest BCUT2D eigenvalue weighted by Gasteiger charge is -2.11. The summed E-state index contributed by atoms with van der Waals surface area (Å²) in [5.41, 5.74) is 5.97. The smallest absolute Gasteiger partial charge is 0.0666 e. The van der Waals surface area contributed by atoms with E-state index in [-0.39, 0.29) is 0 Å². The minimum atomic E-state index is 0.797. The van der Waals surface area contributed by atoms with Crippen molar-refractivity contribution in [3.05, 3.63) is 63.7 Å². The molecule has 0 saturated carbocycles. The highest BCUT2D eigenvalue weighted by Crippen LogP contribution is 2.25. The topological polar surface area (TPSA) is 12.0 Å². The highest BCUT2D eigenvalue weighted by atomic mass is 35.5. The Hall–Kier alpha value is -1.47. The van der Waals surface area contributed by atoms with Crippen LogP contribution >= 0.6 is 11.6 Å². The zero-order chi connectivity index (χ0) is 13.1. The summed E-state index contributed by atoms with van der Waals surface area (Å²) in [6.45, 7) is 7.06. The molecule has 0 spiro atoms. The third-order valence-electron chi connectivity index (χ3n) is 2.96. The van der Waals surface area contributed by atoms with E-state index in [1.165, 1.54) is 16.7 Å². The van der Waals surface area contributed by atoms with Gasteiger partial charge in [-0.3, -0.25) is 0 Å². The molecule has 18 heavy (non-hydrogen) atoms. The van der Waals surface area contributed by atoms with Crippen LogP contribution in [0.4, 0.5) is 5.69 Å². The maximum absolute atomic E-state index is 6.26. The molecule has 0 heterocycles. The van der Waals surface area contributed by atoms with Crippen molar-refractivity contribution in [1.82, 2.24) is 0 Å². The molecule has 0 unspecified atom stereocenters. The average molecular weight is 260 g/mol.